The van der Waals surface area contributed by atoms with E-state index in [1.54, 1.807) is 12.1 Å². The molecule has 19 heavy (non-hydrogen) atoms. The van der Waals surface area contributed by atoms with Crippen molar-refractivity contribution < 1.29 is 14.7 Å². The monoisotopic (exact) mass is 281 g/mol. The molecule has 0 aliphatic rings. The summed E-state index contributed by atoms with van der Waals surface area (Å²) in [5.74, 6) is -0.703. The van der Waals surface area contributed by atoms with E-state index in [9.17, 15) is 9.59 Å². The topological polar surface area (TPSA) is 66.4 Å². The molecule has 1 unspecified atom stereocenters. The van der Waals surface area contributed by atoms with Crippen LogP contribution < -0.4 is 5.32 Å². The van der Waals surface area contributed by atoms with E-state index in [1.807, 2.05) is 6.92 Å². The third-order valence-corrected chi connectivity index (χ3v) is 3.85. The van der Waals surface area contributed by atoms with Crippen LogP contribution in [-0.2, 0) is 4.79 Å². The summed E-state index contributed by atoms with van der Waals surface area (Å²) in [6.07, 6.45) is 3.45. The van der Waals surface area contributed by atoms with Crippen LogP contribution in [0.1, 0.15) is 41.7 Å². The Morgan fingerprint density at radius 2 is 2.11 bits per heavy atom. The molecule has 0 spiro atoms. The summed E-state index contributed by atoms with van der Waals surface area (Å²) >= 11 is 1.28. The minimum atomic E-state index is -0.995. The van der Waals surface area contributed by atoms with Gasteiger partial charge in [0.2, 0.25) is 0 Å². The van der Waals surface area contributed by atoms with Crippen LogP contribution in [0.25, 0.3) is 6.08 Å². The Morgan fingerprint density at radius 3 is 2.63 bits per heavy atom. The molecule has 0 radical (unpaired) electrons. The summed E-state index contributed by atoms with van der Waals surface area (Å²) in [4.78, 5) is 23.8. The second kappa shape index (κ2) is 7.09. The van der Waals surface area contributed by atoms with E-state index >= 15 is 0 Å². The van der Waals surface area contributed by atoms with Gasteiger partial charge < -0.3 is 10.4 Å². The fourth-order valence-electron chi connectivity index (χ4n) is 1.70. The van der Waals surface area contributed by atoms with Crippen molar-refractivity contribution in [2.45, 2.75) is 33.2 Å². The van der Waals surface area contributed by atoms with Crippen molar-refractivity contribution >= 4 is 29.3 Å². The van der Waals surface area contributed by atoms with Gasteiger partial charge in [0.25, 0.3) is 5.91 Å². The smallest absolute Gasteiger partial charge is 0.328 e. The number of carbonyl (C=O) groups excluding carboxylic acids is 1. The van der Waals surface area contributed by atoms with Gasteiger partial charge in [-0.05, 0) is 30.5 Å². The molecule has 1 aromatic heterocycles. The average Bonchev–Trinajstić information content (AvgIpc) is 2.81. The average molecular weight is 281 g/mol. The van der Waals surface area contributed by atoms with Crippen molar-refractivity contribution in [2.24, 2.45) is 5.92 Å². The highest BCUT2D eigenvalue weighted by Crippen LogP contribution is 2.18. The molecule has 1 heterocycles. The Balaban J connectivity index is 2.70. The predicted molar refractivity (Wildman–Crippen MR) is 77.4 cm³/mol. The van der Waals surface area contributed by atoms with Gasteiger partial charge in [0.05, 0.1) is 4.88 Å². The molecule has 1 aromatic rings. The second-order valence-corrected chi connectivity index (χ2v) is 5.72. The van der Waals surface area contributed by atoms with Gasteiger partial charge in [-0.2, -0.15) is 0 Å². The first kappa shape index (κ1) is 15.4. The summed E-state index contributed by atoms with van der Waals surface area (Å²) in [7, 11) is 0. The summed E-state index contributed by atoms with van der Waals surface area (Å²) in [5.41, 5.74) is 0. The minimum absolute atomic E-state index is 0.0967. The lowest BCUT2D eigenvalue weighted by Gasteiger charge is -2.20. The number of nitrogens with one attached hydrogen (secondary N) is 1. The van der Waals surface area contributed by atoms with Crippen molar-refractivity contribution in [2.75, 3.05) is 0 Å². The standard InChI is InChI=1S/C14H19NO3S/c1-4-11(9(2)3)15-14(18)12-7-5-10(19-12)6-8-13(16)17/h5-9,11H,4H2,1-3H3,(H,15,18)(H,16,17). The first-order chi connectivity index (χ1) is 8.93. The van der Waals surface area contributed by atoms with Crippen LogP contribution in [-0.4, -0.2) is 23.0 Å². The molecule has 0 bridgehead atoms. The van der Waals surface area contributed by atoms with Gasteiger partial charge >= 0.3 is 5.97 Å². The third kappa shape index (κ3) is 4.87. The number of hydrogen-bond donors (Lipinski definition) is 2. The fourth-order valence-corrected chi connectivity index (χ4v) is 2.51. The zero-order valence-corrected chi connectivity index (χ0v) is 12.2. The number of rotatable bonds is 6. The van der Waals surface area contributed by atoms with Gasteiger partial charge in [-0.1, -0.05) is 20.8 Å². The van der Waals surface area contributed by atoms with E-state index in [0.29, 0.717) is 10.8 Å². The molecule has 1 amide bonds. The molecule has 0 fully saturated rings. The number of hydrogen-bond acceptors (Lipinski definition) is 3. The maximum absolute atomic E-state index is 12.0. The Morgan fingerprint density at radius 1 is 1.42 bits per heavy atom. The first-order valence-corrected chi connectivity index (χ1v) is 7.07. The Labute approximate surface area is 117 Å². The van der Waals surface area contributed by atoms with E-state index in [1.165, 1.54) is 17.4 Å². The number of thiophene rings is 1. The zero-order chi connectivity index (χ0) is 14.4. The van der Waals surface area contributed by atoms with Crippen LogP contribution >= 0.6 is 11.3 Å². The van der Waals surface area contributed by atoms with Gasteiger partial charge in [0.1, 0.15) is 0 Å². The molecule has 104 valence electrons. The minimum Gasteiger partial charge on any atom is -0.478 e. The Kier molecular flexibility index (Phi) is 5.76. The predicted octanol–water partition coefficient (Wildman–Crippen LogP) is 3.01. The van der Waals surface area contributed by atoms with E-state index in [2.05, 4.69) is 19.2 Å². The number of amides is 1. The van der Waals surface area contributed by atoms with Crippen molar-refractivity contribution in [3.05, 3.63) is 28.0 Å². The normalized spacial score (nSPS) is 12.8. The number of carboxylic acid groups (broad SMARTS) is 1. The molecule has 1 rings (SSSR count). The SMILES string of the molecule is CCC(NC(=O)c1ccc(C=CC(=O)O)s1)C(C)C. The number of carbonyl (C=O) groups is 2. The molecule has 0 aliphatic heterocycles. The highest BCUT2D eigenvalue weighted by atomic mass is 32.1. The molecule has 4 nitrogen and oxygen atoms in total. The van der Waals surface area contributed by atoms with Crippen molar-refractivity contribution in [3.63, 3.8) is 0 Å². The van der Waals surface area contributed by atoms with Gasteiger partial charge in [-0.3, -0.25) is 4.79 Å². The van der Waals surface area contributed by atoms with Gasteiger partial charge in [-0.15, -0.1) is 11.3 Å². The lowest BCUT2D eigenvalue weighted by Crippen LogP contribution is -2.37. The molecule has 5 heteroatoms. The van der Waals surface area contributed by atoms with Crippen LogP contribution in [0.4, 0.5) is 0 Å². The fraction of sp³-hybridized carbons (Fsp3) is 0.429. The summed E-state index contributed by atoms with van der Waals surface area (Å²) in [5, 5.41) is 11.5. The Hall–Kier alpha value is -1.62. The van der Waals surface area contributed by atoms with E-state index < -0.39 is 5.97 Å². The number of carboxylic acids is 1. The lowest BCUT2D eigenvalue weighted by molar-refractivity contribution is -0.131. The van der Waals surface area contributed by atoms with Gasteiger partial charge in [0.15, 0.2) is 0 Å². The maximum Gasteiger partial charge on any atom is 0.328 e. The molecule has 0 saturated heterocycles. The third-order valence-electron chi connectivity index (χ3n) is 2.80. The molecular formula is C14H19NO3S. The van der Waals surface area contributed by atoms with E-state index in [-0.39, 0.29) is 11.9 Å². The summed E-state index contributed by atoms with van der Waals surface area (Å²) in [6.45, 7) is 6.19. The zero-order valence-electron chi connectivity index (χ0n) is 11.3. The lowest BCUT2D eigenvalue weighted by atomic mass is 10.0. The van der Waals surface area contributed by atoms with Crippen LogP contribution in [0.3, 0.4) is 0 Å². The van der Waals surface area contributed by atoms with Crippen LogP contribution in [0.2, 0.25) is 0 Å². The highest BCUT2D eigenvalue weighted by Gasteiger charge is 2.16. The molecular weight excluding hydrogens is 262 g/mol. The van der Waals surface area contributed by atoms with Crippen LogP contribution in [0.15, 0.2) is 18.2 Å². The van der Waals surface area contributed by atoms with Crippen molar-refractivity contribution in [1.29, 1.82) is 0 Å². The van der Waals surface area contributed by atoms with Crippen molar-refractivity contribution in [1.82, 2.24) is 5.32 Å². The molecule has 0 aliphatic carbocycles. The van der Waals surface area contributed by atoms with E-state index in [4.69, 9.17) is 5.11 Å². The first-order valence-electron chi connectivity index (χ1n) is 6.25. The van der Waals surface area contributed by atoms with Crippen LogP contribution in [0.5, 0.6) is 0 Å². The summed E-state index contributed by atoms with van der Waals surface area (Å²) in [6, 6.07) is 3.62. The van der Waals surface area contributed by atoms with Crippen molar-refractivity contribution in [3.8, 4) is 0 Å². The number of aliphatic carboxylic acids is 1. The Bertz CT molecular complexity index is 477. The highest BCUT2D eigenvalue weighted by molar-refractivity contribution is 7.14. The van der Waals surface area contributed by atoms with Gasteiger partial charge in [-0.25, -0.2) is 4.79 Å². The summed E-state index contributed by atoms with van der Waals surface area (Å²) < 4.78 is 0. The largest absolute Gasteiger partial charge is 0.478 e. The van der Waals surface area contributed by atoms with E-state index in [0.717, 1.165) is 17.4 Å². The quantitative estimate of drug-likeness (QED) is 0.788. The second-order valence-electron chi connectivity index (χ2n) is 4.61. The van der Waals surface area contributed by atoms with Crippen LogP contribution in [0, 0.1) is 5.92 Å². The molecule has 0 saturated carbocycles. The van der Waals surface area contributed by atoms with Gasteiger partial charge in [0, 0.05) is 17.0 Å². The maximum atomic E-state index is 12.0. The molecule has 2 N–H and O–H groups in total. The molecule has 1 atom stereocenters. The molecule has 0 aromatic carbocycles.